The van der Waals surface area contributed by atoms with Crippen LogP contribution in [-0.2, 0) is 9.47 Å². The van der Waals surface area contributed by atoms with Crippen LogP contribution >= 0.6 is 45.9 Å². The third kappa shape index (κ3) is 4.90. The second kappa shape index (κ2) is 9.63. The van der Waals surface area contributed by atoms with Gasteiger partial charge in [-0.3, -0.25) is 0 Å². The zero-order valence-corrected chi connectivity index (χ0v) is 21.0. The van der Waals surface area contributed by atoms with Gasteiger partial charge >= 0.3 is 0 Å². The SMILES string of the molecule is NC1(CNc2nc(Cl)nc3ccsc23)COC1.NCC1(Nc2nc(Cl)nc3ccsc23)COC1. The van der Waals surface area contributed by atoms with Gasteiger partial charge in [0.2, 0.25) is 10.6 Å². The standard InChI is InChI=1S/2C10H11ClN4OS/c11-9-14-6-1-2-17-7(6)8(15-9)13-3-10(12)4-16-5-10;11-9-13-6-1-2-17-7(6)8(14-9)15-10(3-12)4-16-5-10/h2*1-2H,3-5,12H2,(H,13,14,15). The zero-order valence-electron chi connectivity index (χ0n) is 17.9. The molecule has 2 aliphatic heterocycles. The van der Waals surface area contributed by atoms with E-state index in [9.17, 15) is 0 Å². The summed E-state index contributed by atoms with van der Waals surface area (Å²) in [5, 5.41) is 11.0. The summed E-state index contributed by atoms with van der Waals surface area (Å²) < 4.78 is 12.3. The van der Waals surface area contributed by atoms with Gasteiger partial charge in [-0.05, 0) is 46.1 Å². The summed E-state index contributed by atoms with van der Waals surface area (Å²) in [6.07, 6.45) is 0. The number of fused-ring (bicyclic) bond motifs is 2. The first-order chi connectivity index (χ1) is 16.4. The molecule has 0 atom stereocenters. The molecule has 0 unspecified atom stereocenters. The van der Waals surface area contributed by atoms with Crippen LogP contribution < -0.4 is 22.1 Å². The van der Waals surface area contributed by atoms with Crippen LogP contribution in [-0.4, -0.2) is 70.5 Å². The van der Waals surface area contributed by atoms with Gasteiger partial charge in [0.1, 0.15) is 11.6 Å². The molecule has 34 heavy (non-hydrogen) atoms. The van der Waals surface area contributed by atoms with Crippen molar-refractivity contribution in [1.82, 2.24) is 19.9 Å². The van der Waals surface area contributed by atoms with E-state index in [1.807, 2.05) is 22.9 Å². The van der Waals surface area contributed by atoms with Gasteiger partial charge in [0.25, 0.3) is 0 Å². The summed E-state index contributed by atoms with van der Waals surface area (Å²) in [7, 11) is 0. The molecular weight excluding hydrogens is 519 g/mol. The largest absolute Gasteiger partial charge is 0.377 e. The second-order valence-corrected chi connectivity index (χ2v) is 10.8. The topological polar surface area (TPSA) is 146 Å². The van der Waals surface area contributed by atoms with E-state index >= 15 is 0 Å². The van der Waals surface area contributed by atoms with Crippen molar-refractivity contribution in [1.29, 1.82) is 0 Å². The highest BCUT2D eigenvalue weighted by atomic mass is 35.5. The van der Waals surface area contributed by atoms with Crippen molar-refractivity contribution in [3.63, 3.8) is 0 Å². The van der Waals surface area contributed by atoms with E-state index in [2.05, 4.69) is 30.6 Å². The van der Waals surface area contributed by atoms with Gasteiger partial charge in [-0.1, -0.05) is 0 Å². The van der Waals surface area contributed by atoms with Crippen LogP contribution in [0.2, 0.25) is 10.6 Å². The molecule has 6 N–H and O–H groups in total. The molecule has 2 fully saturated rings. The monoisotopic (exact) mass is 540 g/mol. The Kier molecular flexibility index (Phi) is 6.75. The lowest BCUT2D eigenvalue weighted by Crippen LogP contribution is -2.61. The Labute approximate surface area is 213 Å². The minimum atomic E-state index is -0.291. The minimum Gasteiger partial charge on any atom is -0.377 e. The molecule has 0 aromatic carbocycles. The molecule has 0 spiro atoms. The van der Waals surface area contributed by atoms with Gasteiger partial charge in [-0.25, -0.2) is 9.97 Å². The number of halogens is 2. The number of nitrogens with zero attached hydrogens (tertiary/aromatic N) is 4. The van der Waals surface area contributed by atoms with E-state index in [0.29, 0.717) is 39.5 Å². The Balaban J connectivity index is 0.000000142. The predicted octanol–water partition coefficient (Wildman–Crippen LogP) is 2.97. The van der Waals surface area contributed by atoms with Crippen LogP contribution in [0.25, 0.3) is 20.4 Å². The van der Waals surface area contributed by atoms with Gasteiger partial charge in [0.15, 0.2) is 0 Å². The first-order valence-corrected chi connectivity index (χ1v) is 12.9. The average molecular weight is 541 g/mol. The van der Waals surface area contributed by atoms with Crippen molar-refractivity contribution in [3.8, 4) is 0 Å². The van der Waals surface area contributed by atoms with E-state index in [4.69, 9.17) is 44.1 Å². The fourth-order valence-corrected chi connectivity index (χ4v) is 5.37. The minimum absolute atomic E-state index is 0.214. The summed E-state index contributed by atoms with van der Waals surface area (Å²) in [5.41, 5.74) is 13.0. The van der Waals surface area contributed by atoms with Crippen LogP contribution in [0.3, 0.4) is 0 Å². The normalized spacial score (nSPS) is 18.0. The molecule has 0 aliphatic carbocycles. The number of hydrogen-bond donors (Lipinski definition) is 4. The lowest BCUT2D eigenvalue weighted by atomic mass is 9.98. The number of rotatable bonds is 6. The highest BCUT2D eigenvalue weighted by molar-refractivity contribution is 7.18. The number of anilines is 2. The molecule has 6 rings (SSSR count). The molecule has 2 aliphatic rings. The molecule has 0 saturated carbocycles. The number of hydrogen-bond acceptors (Lipinski definition) is 12. The first kappa shape index (κ1) is 23.8. The molecule has 2 saturated heterocycles. The van der Waals surface area contributed by atoms with Crippen LogP contribution in [0.15, 0.2) is 22.9 Å². The number of nitrogens with two attached hydrogens (primary N) is 2. The predicted molar refractivity (Wildman–Crippen MR) is 137 cm³/mol. The van der Waals surface area contributed by atoms with Crippen LogP contribution in [0.4, 0.5) is 11.6 Å². The van der Waals surface area contributed by atoms with E-state index in [0.717, 1.165) is 32.1 Å². The molecule has 0 radical (unpaired) electrons. The fraction of sp³-hybridized carbons (Fsp3) is 0.400. The lowest BCUT2D eigenvalue weighted by Gasteiger charge is -2.41. The van der Waals surface area contributed by atoms with Crippen LogP contribution in [0.5, 0.6) is 0 Å². The molecule has 4 aromatic rings. The van der Waals surface area contributed by atoms with Crippen LogP contribution in [0, 0.1) is 0 Å². The van der Waals surface area contributed by atoms with Crippen molar-refractivity contribution in [3.05, 3.63) is 33.5 Å². The summed E-state index contributed by atoms with van der Waals surface area (Å²) in [6, 6.07) is 3.84. The average Bonchev–Trinajstić information content (AvgIpc) is 3.43. The fourth-order valence-electron chi connectivity index (χ4n) is 3.44. The van der Waals surface area contributed by atoms with Gasteiger partial charge in [0, 0.05) is 13.1 Å². The van der Waals surface area contributed by atoms with Gasteiger partial charge in [0.05, 0.1) is 57.9 Å². The number of ether oxygens (including phenoxy) is 2. The first-order valence-electron chi connectivity index (χ1n) is 10.4. The molecule has 180 valence electrons. The molecule has 14 heteroatoms. The van der Waals surface area contributed by atoms with E-state index in [-0.39, 0.29) is 21.6 Å². The smallest absolute Gasteiger partial charge is 0.224 e. The number of nitrogens with one attached hydrogen (secondary N) is 2. The van der Waals surface area contributed by atoms with E-state index in [1.165, 1.54) is 0 Å². The third-order valence-electron chi connectivity index (χ3n) is 5.47. The van der Waals surface area contributed by atoms with Gasteiger partial charge in [-0.15, -0.1) is 22.7 Å². The highest BCUT2D eigenvalue weighted by Gasteiger charge is 2.38. The van der Waals surface area contributed by atoms with E-state index < -0.39 is 0 Å². The maximum Gasteiger partial charge on any atom is 0.224 e. The molecule has 6 heterocycles. The Morgan fingerprint density at radius 2 is 1.44 bits per heavy atom. The number of thiophene rings is 2. The summed E-state index contributed by atoms with van der Waals surface area (Å²) >= 11 is 14.9. The Morgan fingerprint density at radius 3 is 1.94 bits per heavy atom. The molecule has 0 bridgehead atoms. The second-order valence-electron chi connectivity index (χ2n) is 8.26. The maximum absolute atomic E-state index is 6.05. The summed E-state index contributed by atoms with van der Waals surface area (Å²) in [5.74, 6) is 1.48. The zero-order chi connectivity index (χ0) is 23.8. The summed E-state index contributed by atoms with van der Waals surface area (Å²) in [6.45, 7) is 3.46. The van der Waals surface area contributed by atoms with E-state index in [1.54, 1.807) is 22.7 Å². The maximum atomic E-state index is 6.05. The Bertz CT molecular complexity index is 1300. The Hall–Kier alpha value is -1.90. The van der Waals surface area contributed by atoms with Gasteiger partial charge < -0.3 is 31.6 Å². The van der Waals surface area contributed by atoms with Crippen molar-refractivity contribution >= 4 is 77.9 Å². The van der Waals surface area contributed by atoms with Crippen molar-refractivity contribution < 1.29 is 9.47 Å². The molecule has 4 aromatic heterocycles. The Morgan fingerprint density at radius 1 is 0.882 bits per heavy atom. The molecular formula is C20H22Cl2N8O2S2. The summed E-state index contributed by atoms with van der Waals surface area (Å²) in [4.78, 5) is 16.7. The third-order valence-corrected chi connectivity index (χ3v) is 7.63. The van der Waals surface area contributed by atoms with Crippen molar-refractivity contribution in [2.75, 3.05) is 50.2 Å². The van der Waals surface area contributed by atoms with Crippen molar-refractivity contribution in [2.45, 2.75) is 11.1 Å². The van der Waals surface area contributed by atoms with Crippen LogP contribution in [0.1, 0.15) is 0 Å². The number of aromatic nitrogens is 4. The lowest BCUT2D eigenvalue weighted by molar-refractivity contribution is -0.0461. The molecule has 10 nitrogen and oxygen atoms in total. The molecule has 0 amide bonds. The highest BCUT2D eigenvalue weighted by Crippen LogP contribution is 2.31. The van der Waals surface area contributed by atoms with Gasteiger partial charge in [-0.2, -0.15) is 9.97 Å². The van der Waals surface area contributed by atoms with Crippen molar-refractivity contribution in [2.24, 2.45) is 11.5 Å². The quantitative estimate of drug-likeness (QED) is 0.269.